The van der Waals surface area contributed by atoms with Crippen LogP contribution >= 0.6 is 0 Å². The van der Waals surface area contributed by atoms with E-state index in [2.05, 4.69) is 34.7 Å². The van der Waals surface area contributed by atoms with E-state index in [-0.39, 0.29) is 18.0 Å². The van der Waals surface area contributed by atoms with Gasteiger partial charge >= 0.3 is 6.03 Å². The highest BCUT2D eigenvalue weighted by molar-refractivity contribution is 5.95. The highest BCUT2D eigenvalue weighted by atomic mass is 16.2. The van der Waals surface area contributed by atoms with Crippen molar-refractivity contribution in [3.05, 3.63) is 77.9 Å². The smallest absolute Gasteiger partial charge is 0.319 e. The van der Waals surface area contributed by atoms with Crippen molar-refractivity contribution in [2.45, 2.75) is 25.3 Å². The average Bonchev–Trinajstić information content (AvgIpc) is 2.67. The van der Waals surface area contributed by atoms with Gasteiger partial charge in [0.05, 0.1) is 6.04 Å². The molecule has 1 atom stereocenters. The van der Waals surface area contributed by atoms with E-state index in [1.165, 1.54) is 11.1 Å². The third kappa shape index (κ3) is 4.30. The average molecular weight is 349 g/mol. The number of amides is 3. The van der Waals surface area contributed by atoms with Crippen LogP contribution in [0.3, 0.4) is 0 Å². The van der Waals surface area contributed by atoms with Crippen LogP contribution in [0.15, 0.2) is 61.2 Å². The SMILES string of the molecule is C=CCNC(=O)c1ccc(NC(=O)NC2CCCc3ccccc32)cc1. The molecule has 0 bridgehead atoms. The van der Waals surface area contributed by atoms with Crippen LogP contribution in [0, 0.1) is 0 Å². The van der Waals surface area contributed by atoms with Crippen molar-refractivity contribution in [3.8, 4) is 0 Å². The van der Waals surface area contributed by atoms with Gasteiger partial charge in [0.2, 0.25) is 0 Å². The van der Waals surface area contributed by atoms with Crippen LogP contribution in [0.2, 0.25) is 0 Å². The molecule has 3 amide bonds. The first-order chi connectivity index (χ1) is 12.7. The lowest BCUT2D eigenvalue weighted by molar-refractivity contribution is 0.0958. The van der Waals surface area contributed by atoms with Gasteiger partial charge in [0.15, 0.2) is 0 Å². The van der Waals surface area contributed by atoms with Gasteiger partial charge in [-0.15, -0.1) is 6.58 Å². The number of nitrogens with one attached hydrogen (secondary N) is 3. The summed E-state index contributed by atoms with van der Waals surface area (Å²) >= 11 is 0. The third-order valence-electron chi connectivity index (χ3n) is 4.49. The van der Waals surface area contributed by atoms with E-state index in [0.29, 0.717) is 17.8 Å². The molecule has 0 fully saturated rings. The zero-order valence-electron chi connectivity index (χ0n) is 14.6. The number of carbonyl (C=O) groups excluding carboxylic acids is 2. The summed E-state index contributed by atoms with van der Waals surface area (Å²) in [5.41, 5.74) is 3.69. The van der Waals surface area contributed by atoms with Crippen molar-refractivity contribution < 1.29 is 9.59 Å². The first kappa shape index (κ1) is 17.7. The van der Waals surface area contributed by atoms with Crippen molar-refractivity contribution in [2.75, 3.05) is 11.9 Å². The molecule has 0 saturated carbocycles. The van der Waals surface area contributed by atoms with Crippen molar-refractivity contribution >= 4 is 17.6 Å². The second-order valence-corrected chi connectivity index (χ2v) is 6.32. The molecule has 2 aromatic carbocycles. The molecule has 0 radical (unpaired) electrons. The fraction of sp³-hybridized carbons (Fsp3) is 0.238. The molecule has 1 aliphatic rings. The van der Waals surface area contributed by atoms with Crippen molar-refractivity contribution in [1.29, 1.82) is 0 Å². The molecule has 0 aromatic heterocycles. The number of hydrogen-bond donors (Lipinski definition) is 3. The quantitative estimate of drug-likeness (QED) is 0.719. The molecular weight excluding hydrogens is 326 g/mol. The molecule has 0 heterocycles. The minimum absolute atomic E-state index is 0.0314. The predicted octanol–water partition coefficient (Wildman–Crippen LogP) is 3.80. The number of urea groups is 1. The number of carbonyl (C=O) groups is 2. The molecular formula is C21H23N3O2. The maximum absolute atomic E-state index is 12.3. The van der Waals surface area contributed by atoms with Crippen LogP contribution in [-0.4, -0.2) is 18.5 Å². The predicted molar refractivity (Wildman–Crippen MR) is 103 cm³/mol. The monoisotopic (exact) mass is 349 g/mol. The molecule has 0 saturated heterocycles. The Morgan fingerprint density at radius 1 is 1.12 bits per heavy atom. The van der Waals surface area contributed by atoms with Crippen LogP contribution in [-0.2, 0) is 6.42 Å². The van der Waals surface area contributed by atoms with Crippen molar-refractivity contribution in [1.82, 2.24) is 10.6 Å². The molecule has 0 aliphatic heterocycles. The van der Waals surface area contributed by atoms with Crippen LogP contribution < -0.4 is 16.0 Å². The zero-order valence-corrected chi connectivity index (χ0v) is 14.6. The first-order valence-electron chi connectivity index (χ1n) is 8.82. The Bertz CT molecular complexity index is 799. The Morgan fingerprint density at radius 3 is 2.65 bits per heavy atom. The molecule has 0 spiro atoms. The lowest BCUT2D eigenvalue weighted by atomic mass is 9.88. The van der Waals surface area contributed by atoms with Gasteiger partial charge in [0, 0.05) is 17.8 Å². The number of hydrogen-bond acceptors (Lipinski definition) is 2. The van der Waals surface area contributed by atoms with Crippen molar-refractivity contribution in [3.63, 3.8) is 0 Å². The molecule has 5 heteroatoms. The first-order valence-corrected chi connectivity index (χ1v) is 8.82. The maximum Gasteiger partial charge on any atom is 0.319 e. The van der Waals surface area contributed by atoms with Gasteiger partial charge in [-0.25, -0.2) is 4.79 Å². The van der Waals surface area contributed by atoms with Crippen molar-refractivity contribution in [2.24, 2.45) is 0 Å². The van der Waals surface area contributed by atoms with E-state index in [4.69, 9.17) is 0 Å². The fourth-order valence-corrected chi connectivity index (χ4v) is 3.20. The number of rotatable bonds is 5. The van der Waals surface area contributed by atoms with Crippen LogP contribution in [0.25, 0.3) is 0 Å². The lowest BCUT2D eigenvalue weighted by Gasteiger charge is -2.26. The topological polar surface area (TPSA) is 70.2 Å². The molecule has 26 heavy (non-hydrogen) atoms. The Morgan fingerprint density at radius 2 is 1.88 bits per heavy atom. The van der Waals surface area contributed by atoms with E-state index >= 15 is 0 Å². The Labute approximate surface area is 153 Å². The summed E-state index contributed by atoms with van der Waals surface area (Å²) in [5, 5.41) is 8.60. The Balaban J connectivity index is 1.59. The lowest BCUT2D eigenvalue weighted by Crippen LogP contribution is -2.34. The van der Waals surface area contributed by atoms with Gasteiger partial charge < -0.3 is 16.0 Å². The van der Waals surface area contributed by atoms with Crippen LogP contribution in [0.5, 0.6) is 0 Å². The second kappa shape index (κ2) is 8.34. The largest absolute Gasteiger partial charge is 0.349 e. The Hall–Kier alpha value is -3.08. The summed E-state index contributed by atoms with van der Waals surface area (Å²) in [6, 6.07) is 14.8. The van der Waals surface area contributed by atoms with E-state index in [1.807, 2.05) is 12.1 Å². The number of anilines is 1. The molecule has 1 aliphatic carbocycles. The Kier molecular flexibility index (Phi) is 5.69. The van der Waals surface area contributed by atoms with Gasteiger partial charge in [-0.3, -0.25) is 4.79 Å². The van der Waals surface area contributed by atoms with Gasteiger partial charge in [-0.05, 0) is 54.7 Å². The van der Waals surface area contributed by atoms with Crippen LogP contribution in [0.4, 0.5) is 10.5 Å². The number of fused-ring (bicyclic) bond motifs is 1. The summed E-state index contributed by atoms with van der Waals surface area (Å²) in [6.07, 6.45) is 4.69. The zero-order chi connectivity index (χ0) is 18.4. The fourth-order valence-electron chi connectivity index (χ4n) is 3.20. The van der Waals surface area contributed by atoms with E-state index in [1.54, 1.807) is 30.3 Å². The third-order valence-corrected chi connectivity index (χ3v) is 4.49. The van der Waals surface area contributed by atoms with Gasteiger partial charge in [-0.2, -0.15) is 0 Å². The van der Waals surface area contributed by atoms with E-state index < -0.39 is 0 Å². The highest BCUT2D eigenvalue weighted by Gasteiger charge is 2.21. The minimum atomic E-state index is -0.240. The standard InChI is InChI=1S/C21H23N3O2/c1-2-14-22-20(25)16-10-12-17(13-11-16)23-21(26)24-19-9-5-7-15-6-3-4-8-18(15)19/h2-4,6,8,10-13,19H,1,5,7,9,14H2,(H,22,25)(H2,23,24,26). The number of aryl methyl sites for hydroxylation is 1. The molecule has 5 nitrogen and oxygen atoms in total. The van der Waals surface area contributed by atoms with Gasteiger partial charge in [0.1, 0.15) is 0 Å². The molecule has 2 aromatic rings. The molecule has 1 unspecified atom stereocenters. The van der Waals surface area contributed by atoms with E-state index in [9.17, 15) is 9.59 Å². The highest BCUT2D eigenvalue weighted by Crippen LogP contribution is 2.29. The second-order valence-electron chi connectivity index (χ2n) is 6.32. The summed E-state index contributed by atoms with van der Waals surface area (Å²) in [5.74, 6) is -0.167. The van der Waals surface area contributed by atoms with Gasteiger partial charge in [-0.1, -0.05) is 30.3 Å². The summed E-state index contributed by atoms with van der Waals surface area (Å²) in [7, 11) is 0. The van der Waals surface area contributed by atoms with Gasteiger partial charge in [0.25, 0.3) is 5.91 Å². The summed E-state index contributed by atoms with van der Waals surface area (Å²) < 4.78 is 0. The molecule has 134 valence electrons. The minimum Gasteiger partial charge on any atom is -0.349 e. The normalized spacial score (nSPS) is 15.5. The molecule has 3 rings (SSSR count). The summed E-state index contributed by atoms with van der Waals surface area (Å²) in [4.78, 5) is 24.2. The molecule has 3 N–H and O–H groups in total. The van der Waals surface area contributed by atoms with E-state index in [0.717, 1.165) is 19.3 Å². The van der Waals surface area contributed by atoms with Crippen LogP contribution in [0.1, 0.15) is 40.4 Å². The summed E-state index contributed by atoms with van der Waals surface area (Å²) in [6.45, 7) is 3.99. The number of benzene rings is 2. The maximum atomic E-state index is 12.3.